The first kappa shape index (κ1) is 41.5. The molecule has 298 valence electrons. The molecule has 6 rings (SSSR count). The predicted molar refractivity (Wildman–Crippen MR) is 239 cm³/mol. The second-order valence-corrected chi connectivity index (χ2v) is 15.0. The molecule has 0 aliphatic rings. The molecule has 58 heavy (non-hydrogen) atoms. The number of carbonyl (C=O) groups is 2. The zero-order valence-electron chi connectivity index (χ0n) is 34.9. The number of aryl methyl sites for hydroxylation is 6. The summed E-state index contributed by atoms with van der Waals surface area (Å²) < 4.78 is 9.71. The number of hydrogen-bond donors (Lipinski definition) is 0. The van der Waals surface area contributed by atoms with Crippen molar-refractivity contribution in [2.75, 3.05) is 24.0 Å². The molecule has 0 fully saturated rings. The van der Waals surface area contributed by atoms with Gasteiger partial charge in [0.1, 0.15) is 0 Å². The van der Waals surface area contributed by atoms with Crippen LogP contribution in [0.4, 0.5) is 34.1 Å². The topological polar surface area (TPSA) is 59.1 Å². The minimum Gasteiger partial charge on any atom is -0.469 e. The second kappa shape index (κ2) is 19.8. The normalized spacial score (nSPS) is 10.9. The summed E-state index contributed by atoms with van der Waals surface area (Å²) in [6, 6.07) is 48.2. The summed E-state index contributed by atoms with van der Waals surface area (Å²) in [6.07, 6.45) is 6.30. The van der Waals surface area contributed by atoms with Crippen LogP contribution in [0.25, 0.3) is 11.1 Å². The Morgan fingerprint density at radius 2 is 0.724 bits per heavy atom. The van der Waals surface area contributed by atoms with E-state index >= 15 is 0 Å². The van der Waals surface area contributed by atoms with E-state index in [1.807, 2.05) is 0 Å². The fourth-order valence-corrected chi connectivity index (χ4v) is 7.55. The van der Waals surface area contributed by atoms with Gasteiger partial charge in [-0.05, 0) is 157 Å². The first-order valence-electron chi connectivity index (χ1n) is 20.5. The van der Waals surface area contributed by atoms with Crippen LogP contribution in [0.15, 0.2) is 133 Å². The van der Waals surface area contributed by atoms with Crippen molar-refractivity contribution in [3.63, 3.8) is 0 Å². The lowest BCUT2D eigenvalue weighted by Crippen LogP contribution is -2.12. The van der Waals surface area contributed by atoms with Gasteiger partial charge in [-0.1, -0.05) is 87.4 Å². The first-order chi connectivity index (χ1) is 28.2. The van der Waals surface area contributed by atoms with Crippen molar-refractivity contribution in [3.05, 3.63) is 167 Å². The van der Waals surface area contributed by atoms with Crippen molar-refractivity contribution >= 4 is 46.1 Å². The summed E-state index contributed by atoms with van der Waals surface area (Å²) in [5.74, 6) is -0.435. The number of nitrogens with zero attached hydrogens (tertiary/aromatic N) is 2. The van der Waals surface area contributed by atoms with Crippen LogP contribution in [-0.4, -0.2) is 26.2 Å². The Bertz CT molecular complexity index is 2170. The van der Waals surface area contributed by atoms with Crippen LogP contribution in [0.2, 0.25) is 0 Å². The molecule has 6 heteroatoms. The molecule has 0 saturated carbocycles. The number of methoxy groups -OCH3 is 2. The summed E-state index contributed by atoms with van der Waals surface area (Å²) in [5.41, 5.74) is 16.0. The molecule has 0 heterocycles. The lowest BCUT2D eigenvalue weighted by Gasteiger charge is -2.28. The van der Waals surface area contributed by atoms with Gasteiger partial charge in [0.05, 0.1) is 14.2 Å². The van der Waals surface area contributed by atoms with Gasteiger partial charge in [0.2, 0.25) is 0 Å². The van der Waals surface area contributed by atoms with Crippen LogP contribution in [0, 0.1) is 13.8 Å². The van der Waals surface area contributed by atoms with Crippen LogP contribution >= 0.6 is 0 Å². The highest BCUT2D eigenvalue weighted by Gasteiger charge is 2.19. The summed E-state index contributed by atoms with van der Waals surface area (Å²) in [7, 11) is 2.84. The van der Waals surface area contributed by atoms with E-state index in [9.17, 15) is 9.59 Å². The standard InChI is InChI=1S/C52H56N2O4/c1-7-9-39-11-23-45(24-12-39)53(46-25-13-40(10-8-2)14-26-46)49-31-21-43(35-37(49)3)44-22-32-50(38(4)36-44)54(47-27-15-41(16-28-47)19-33-51(55)57-5)48-29-17-42(18-30-48)20-34-52(56)58-6/h11-18,21-32,35-36H,7-10,19-20,33-34H2,1-6H3. The van der Waals surface area contributed by atoms with Gasteiger partial charge in [0.15, 0.2) is 0 Å². The molecule has 6 aromatic carbocycles. The van der Waals surface area contributed by atoms with E-state index in [4.69, 9.17) is 9.47 Å². The molecule has 0 aliphatic carbocycles. The number of rotatable bonds is 17. The molecule has 0 radical (unpaired) electrons. The summed E-state index contributed by atoms with van der Waals surface area (Å²) in [4.78, 5) is 28.3. The Balaban J connectivity index is 1.33. The molecule has 0 N–H and O–H groups in total. The van der Waals surface area contributed by atoms with Crippen LogP contribution < -0.4 is 9.80 Å². The average molecular weight is 773 g/mol. The molecule has 6 aromatic rings. The van der Waals surface area contributed by atoms with Gasteiger partial charge in [0, 0.05) is 47.0 Å². The van der Waals surface area contributed by atoms with Crippen LogP contribution in [0.5, 0.6) is 0 Å². The third-order valence-electron chi connectivity index (χ3n) is 10.8. The van der Waals surface area contributed by atoms with Crippen LogP contribution in [-0.2, 0) is 44.7 Å². The molecule has 0 spiro atoms. The van der Waals surface area contributed by atoms with E-state index in [1.54, 1.807) is 0 Å². The highest BCUT2D eigenvalue weighted by molar-refractivity contribution is 5.83. The molecule has 0 saturated heterocycles. The number of esters is 2. The number of benzene rings is 6. The number of hydrogen-bond acceptors (Lipinski definition) is 6. The molecule has 0 atom stereocenters. The van der Waals surface area contributed by atoms with Crippen molar-refractivity contribution in [1.29, 1.82) is 0 Å². The quantitative estimate of drug-likeness (QED) is 0.0861. The third kappa shape index (κ3) is 10.2. The van der Waals surface area contributed by atoms with E-state index in [-0.39, 0.29) is 11.9 Å². The highest BCUT2D eigenvalue weighted by Crippen LogP contribution is 2.41. The monoisotopic (exact) mass is 772 g/mol. The molecule has 0 unspecified atom stereocenters. The van der Waals surface area contributed by atoms with Gasteiger partial charge in [-0.3, -0.25) is 9.59 Å². The number of carbonyl (C=O) groups excluding carboxylic acids is 2. The molecule has 0 aromatic heterocycles. The van der Waals surface area contributed by atoms with Crippen LogP contribution in [0.3, 0.4) is 0 Å². The summed E-state index contributed by atoms with van der Waals surface area (Å²) in [5, 5.41) is 0. The zero-order chi connectivity index (χ0) is 41.0. The van der Waals surface area contributed by atoms with E-state index < -0.39 is 0 Å². The summed E-state index contributed by atoms with van der Waals surface area (Å²) >= 11 is 0. The zero-order valence-corrected chi connectivity index (χ0v) is 34.9. The van der Waals surface area contributed by atoms with Crippen molar-refractivity contribution in [3.8, 4) is 11.1 Å². The molecule has 0 aliphatic heterocycles. The molecular weight excluding hydrogens is 717 g/mol. The largest absolute Gasteiger partial charge is 0.469 e. The Morgan fingerprint density at radius 3 is 0.983 bits per heavy atom. The van der Waals surface area contributed by atoms with Crippen molar-refractivity contribution in [1.82, 2.24) is 0 Å². The van der Waals surface area contributed by atoms with Crippen molar-refractivity contribution < 1.29 is 19.1 Å². The molecule has 0 bridgehead atoms. The highest BCUT2D eigenvalue weighted by atomic mass is 16.5. The van der Waals surface area contributed by atoms with Crippen molar-refractivity contribution in [2.45, 2.75) is 79.1 Å². The van der Waals surface area contributed by atoms with Crippen LogP contribution in [0.1, 0.15) is 72.9 Å². The van der Waals surface area contributed by atoms with E-state index in [0.717, 1.165) is 87.6 Å². The van der Waals surface area contributed by atoms with Gasteiger partial charge in [-0.2, -0.15) is 0 Å². The Morgan fingerprint density at radius 1 is 0.431 bits per heavy atom. The number of ether oxygens (including phenoxy) is 2. The predicted octanol–water partition coefficient (Wildman–Crippen LogP) is 13.0. The minimum absolute atomic E-state index is 0.218. The van der Waals surface area contributed by atoms with Gasteiger partial charge in [0.25, 0.3) is 0 Å². The maximum absolute atomic E-state index is 11.8. The number of anilines is 6. The smallest absolute Gasteiger partial charge is 0.305 e. The lowest BCUT2D eigenvalue weighted by atomic mass is 9.98. The van der Waals surface area contributed by atoms with Gasteiger partial charge in [-0.15, -0.1) is 0 Å². The Kier molecular flexibility index (Phi) is 14.2. The average Bonchev–Trinajstić information content (AvgIpc) is 3.25. The molecule has 0 amide bonds. The van der Waals surface area contributed by atoms with E-state index in [0.29, 0.717) is 25.7 Å². The Labute approximate surface area is 345 Å². The van der Waals surface area contributed by atoms with Crippen molar-refractivity contribution in [2.24, 2.45) is 0 Å². The molecular formula is C52H56N2O4. The van der Waals surface area contributed by atoms with E-state index in [1.165, 1.54) is 30.9 Å². The summed E-state index contributed by atoms with van der Waals surface area (Å²) in [6.45, 7) is 8.81. The third-order valence-corrected chi connectivity index (χ3v) is 10.8. The van der Waals surface area contributed by atoms with Gasteiger partial charge < -0.3 is 19.3 Å². The second-order valence-electron chi connectivity index (χ2n) is 15.0. The van der Waals surface area contributed by atoms with E-state index in [2.05, 4.69) is 171 Å². The van der Waals surface area contributed by atoms with Gasteiger partial charge >= 0.3 is 11.9 Å². The minimum atomic E-state index is -0.218. The maximum Gasteiger partial charge on any atom is 0.305 e. The fourth-order valence-electron chi connectivity index (χ4n) is 7.55. The SMILES string of the molecule is CCCc1ccc(N(c2ccc(CCC)cc2)c2ccc(-c3ccc(N(c4ccc(CCC(=O)OC)cc4)c4ccc(CCC(=O)OC)cc4)c(C)c3)cc2C)cc1. The fraction of sp³-hybridized carbons (Fsp3) is 0.269. The maximum atomic E-state index is 11.8. The molecule has 6 nitrogen and oxygen atoms in total. The van der Waals surface area contributed by atoms with Gasteiger partial charge in [-0.25, -0.2) is 0 Å². The first-order valence-corrected chi connectivity index (χ1v) is 20.5. The lowest BCUT2D eigenvalue weighted by molar-refractivity contribution is -0.141. The Hall–Kier alpha value is -6.14.